The summed E-state index contributed by atoms with van der Waals surface area (Å²) in [6.45, 7) is 4.60. The predicted molar refractivity (Wildman–Crippen MR) is 127 cm³/mol. The molecular weight excluding hydrogens is 392 g/mol. The second kappa shape index (κ2) is 5.95. The summed E-state index contributed by atoms with van der Waals surface area (Å²) >= 11 is 8.49. The molecule has 0 saturated heterocycles. The zero-order chi connectivity index (χ0) is 19.8. The lowest BCUT2D eigenvalue weighted by Gasteiger charge is -2.22. The first-order chi connectivity index (χ1) is 14.0. The average Bonchev–Trinajstić information content (AvgIpc) is 3.20. The lowest BCUT2D eigenvalue weighted by molar-refractivity contribution is 0.660. The summed E-state index contributed by atoms with van der Waals surface area (Å²) < 4.78 is 2.66. The van der Waals surface area contributed by atoms with E-state index in [0.29, 0.717) is 0 Å². The van der Waals surface area contributed by atoms with Crippen molar-refractivity contribution in [2.75, 3.05) is 0 Å². The molecule has 0 N–H and O–H groups in total. The quantitative estimate of drug-likeness (QED) is 0.259. The smallest absolute Gasteiger partial charge is 0.0415 e. The fourth-order valence-corrected chi connectivity index (χ4v) is 6.27. The Morgan fingerprint density at radius 2 is 1.45 bits per heavy atom. The van der Waals surface area contributed by atoms with Gasteiger partial charge in [-0.05, 0) is 57.6 Å². The van der Waals surface area contributed by atoms with E-state index >= 15 is 0 Å². The molecule has 29 heavy (non-hydrogen) atoms. The number of hydrogen-bond acceptors (Lipinski definition) is 1. The van der Waals surface area contributed by atoms with Crippen molar-refractivity contribution in [2.24, 2.45) is 0 Å². The van der Waals surface area contributed by atoms with Crippen molar-refractivity contribution < 1.29 is 0 Å². The number of hydrogen-bond donors (Lipinski definition) is 0. The molecule has 1 heterocycles. The van der Waals surface area contributed by atoms with Gasteiger partial charge in [-0.15, -0.1) is 11.3 Å². The molecular formula is C27H19ClS. The summed E-state index contributed by atoms with van der Waals surface area (Å²) in [5.74, 6) is 0. The van der Waals surface area contributed by atoms with Gasteiger partial charge in [-0.2, -0.15) is 0 Å². The van der Waals surface area contributed by atoms with E-state index in [9.17, 15) is 0 Å². The van der Waals surface area contributed by atoms with Crippen LogP contribution in [0.3, 0.4) is 0 Å². The van der Waals surface area contributed by atoms with Crippen molar-refractivity contribution in [3.05, 3.63) is 95.0 Å². The SMILES string of the molecule is CC1(C)c2ccccc2-c2c(-c3ccc4c(c3)sc3ccccc34)cc(Cl)cc21. The van der Waals surface area contributed by atoms with Crippen molar-refractivity contribution in [3.63, 3.8) is 0 Å². The van der Waals surface area contributed by atoms with Gasteiger partial charge < -0.3 is 0 Å². The fraction of sp³-hybridized carbons (Fsp3) is 0.111. The highest BCUT2D eigenvalue weighted by atomic mass is 35.5. The van der Waals surface area contributed by atoms with E-state index in [1.54, 1.807) is 0 Å². The maximum Gasteiger partial charge on any atom is 0.0415 e. The van der Waals surface area contributed by atoms with E-state index in [4.69, 9.17) is 11.6 Å². The summed E-state index contributed by atoms with van der Waals surface area (Å²) in [5.41, 5.74) is 7.76. The molecule has 1 aliphatic carbocycles. The minimum Gasteiger partial charge on any atom is -0.135 e. The molecule has 1 aliphatic rings. The van der Waals surface area contributed by atoms with Crippen LogP contribution in [-0.4, -0.2) is 0 Å². The first-order valence-corrected chi connectivity index (χ1v) is 11.1. The monoisotopic (exact) mass is 410 g/mol. The third kappa shape index (κ3) is 2.38. The summed E-state index contributed by atoms with van der Waals surface area (Å²) in [6.07, 6.45) is 0. The van der Waals surface area contributed by atoms with E-state index in [2.05, 4.69) is 92.7 Å². The van der Waals surface area contributed by atoms with Gasteiger partial charge in [0.1, 0.15) is 0 Å². The molecule has 0 spiro atoms. The molecule has 4 aromatic carbocycles. The van der Waals surface area contributed by atoms with Gasteiger partial charge in [0.25, 0.3) is 0 Å². The van der Waals surface area contributed by atoms with Crippen LogP contribution in [-0.2, 0) is 5.41 Å². The van der Waals surface area contributed by atoms with E-state index in [0.717, 1.165) is 5.02 Å². The van der Waals surface area contributed by atoms with E-state index < -0.39 is 0 Å². The average molecular weight is 411 g/mol. The minimum absolute atomic E-state index is 0.0483. The van der Waals surface area contributed by atoms with Crippen LogP contribution in [0.15, 0.2) is 78.9 Å². The highest BCUT2D eigenvalue weighted by molar-refractivity contribution is 7.25. The second-order valence-corrected chi connectivity index (χ2v) is 9.88. The van der Waals surface area contributed by atoms with E-state index in [1.165, 1.54) is 53.6 Å². The standard InChI is InChI=1S/C27H19ClS/c1-27(2)22-9-5-3-8-20(22)26-21(14-17(28)15-23(26)27)16-11-12-19-18-7-4-6-10-24(18)29-25(19)13-16/h3-15H,1-2H3. The highest BCUT2D eigenvalue weighted by Crippen LogP contribution is 2.53. The Labute approximate surface area is 179 Å². The Morgan fingerprint density at radius 1 is 0.690 bits per heavy atom. The molecule has 0 atom stereocenters. The van der Waals surface area contributed by atoms with Gasteiger partial charge in [0.2, 0.25) is 0 Å². The van der Waals surface area contributed by atoms with Gasteiger partial charge in [0.15, 0.2) is 0 Å². The summed E-state index contributed by atoms with van der Waals surface area (Å²) in [7, 11) is 0. The molecule has 140 valence electrons. The number of halogens is 1. The zero-order valence-corrected chi connectivity index (χ0v) is 17.9. The Kier molecular flexibility index (Phi) is 3.54. The maximum absolute atomic E-state index is 6.63. The molecule has 1 aromatic heterocycles. The zero-order valence-electron chi connectivity index (χ0n) is 16.3. The van der Waals surface area contributed by atoms with Crippen LogP contribution in [0.4, 0.5) is 0 Å². The molecule has 0 saturated carbocycles. The number of benzene rings is 4. The lowest BCUT2D eigenvalue weighted by atomic mass is 9.82. The van der Waals surface area contributed by atoms with Crippen molar-refractivity contribution in [3.8, 4) is 22.3 Å². The highest BCUT2D eigenvalue weighted by Gasteiger charge is 2.37. The summed E-state index contributed by atoms with van der Waals surface area (Å²) in [4.78, 5) is 0. The van der Waals surface area contributed by atoms with Crippen LogP contribution in [0.2, 0.25) is 5.02 Å². The fourth-order valence-electron chi connectivity index (χ4n) is 4.90. The van der Waals surface area contributed by atoms with Crippen LogP contribution >= 0.6 is 22.9 Å². The third-order valence-corrected chi connectivity index (χ3v) is 7.69. The second-order valence-electron chi connectivity index (χ2n) is 8.36. The Morgan fingerprint density at radius 3 is 2.34 bits per heavy atom. The first-order valence-electron chi connectivity index (χ1n) is 9.89. The van der Waals surface area contributed by atoms with Crippen molar-refractivity contribution in [1.29, 1.82) is 0 Å². The predicted octanol–water partition coefficient (Wildman–Crippen LogP) is 8.68. The van der Waals surface area contributed by atoms with Crippen molar-refractivity contribution >= 4 is 43.1 Å². The molecule has 2 heteroatoms. The molecule has 0 amide bonds. The van der Waals surface area contributed by atoms with Crippen molar-refractivity contribution in [2.45, 2.75) is 19.3 Å². The Hall–Kier alpha value is -2.61. The van der Waals surface area contributed by atoms with E-state index in [-0.39, 0.29) is 5.41 Å². The summed E-state index contributed by atoms with van der Waals surface area (Å²) in [5, 5.41) is 3.46. The first kappa shape index (κ1) is 17.3. The van der Waals surface area contributed by atoms with Gasteiger partial charge in [0.05, 0.1) is 0 Å². The lowest BCUT2D eigenvalue weighted by Crippen LogP contribution is -2.14. The van der Waals surface area contributed by atoms with Gasteiger partial charge in [-0.3, -0.25) is 0 Å². The van der Waals surface area contributed by atoms with Gasteiger partial charge >= 0.3 is 0 Å². The van der Waals surface area contributed by atoms with Crippen LogP contribution in [0.1, 0.15) is 25.0 Å². The molecule has 5 aromatic rings. The van der Waals surface area contributed by atoms with Crippen LogP contribution in [0.25, 0.3) is 42.4 Å². The molecule has 0 fully saturated rings. The number of rotatable bonds is 1. The van der Waals surface area contributed by atoms with Gasteiger partial charge in [-0.25, -0.2) is 0 Å². The maximum atomic E-state index is 6.63. The number of thiophene rings is 1. The van der Waals surface area contributed by atoms with Crippen LogP contribution in [0.5, 0.6) is 0 Å². The normalized spacial score (nSPS) is 14.3. The molecule has 0 radical (unpaired) electrons. The van der Waals surface area contributed by atoms with E-state index in [1.807, 2.05) is 11.3 Å². The largest absolute Gasteiger partial charge is 0.135 e. The molecule has 0 nitrogen and oxygen atoms in total. The van der Waals surface area contributed by atoms with Crippen LogP contribution in [0, 0.1) is 0 Å². The van der Waals surface area contributed by atoms with Crippen LogP contribution < -0.4 is 0 Å². The van der Waals surface area contributed by atoms with Gasteiger partial charge in [0, 0.05) is 30.6 Å². The summed E-state index contributed by atoms with van der Waals surface area (Å²) in [6, 6.07) is 28.6. The minimum atomic E-state index is -0.0483. The third-order valence-electron chi connectivity index (χ3n) is 6.34. The van der Waals surface area contributed by atoms with Crippen molar-refractivity contribution in [1.82, 2.24) is 0 Å². The van der Waals surface area contributed by atoms with Gasteiger partial charge in [-0.1, -0.05) is 80.0 Å². The Bertz CT molecular complexity index is 1440. The molecule has 0 bridgehead atoms. The molecule has 0 unspecified atom stereocenters. The topological polar surface area (TPSA) is 0 Å². The molecule has 6 rings (SSSR count). The Balaban J connectivity index is 1.66. The number of fused-ring (bicyclic) bond motifs is 6. The molecule has 0 aliphatic heterocycles.